The van der Waals surface area contributed by atoms with Gasteiger partial charge >= 0.3 is 0 Å². The summed E-state index contributed by atoms with van der Waals surface area (Å²) >= 11 is 0. The molecule has 1 aromatic carbocycles. The van der Waals surface area contributed by atoms with Crippen LogP contribution in [0.1, 0.15) is 81.9 Å². The zero-order chi connectivity index (χ0) is 27.5. The van der Waals surface area contributed by atoms with Gasteiger partial charge in [0.25, 0.3) is 0 Å². The molecule has 5 heterocycles. The van der Waals surface area contributed by atoms with Crippen LogP contribution in [0.3, 0.4) is 0 Å². The van der Waals surface area contributed by atoms with Gasteiger partial charge in [0.15, 0.2) is 5.65 Å². The summed E-state index contributed by atoms with van der Waals surface area (Å²) in [6, 6.07) is 9.30. The minimum absolute atomic E-state index is 0.297. The number of aliphatic hydroxyl groups is 1. The van der Waals surface area contributed by atoms with E-state index in [2.05, 4.69) is 52.0 Å². The summed E-state index contributed by atoms with van der Waals surface area (Å²) in [4.78, 5) is 10.6. The summed E-state index contributed by atoms with van der Waals surface area (Å²) in [5.41, 5.74) is 6.16. The van der Waals surface area contributed by atoms with Gasteiger partial charge in [-0.3, -0.25) is 0 Å². The van der Waals surface area contributed by atoms with E-state index in [9.17, 15) is 13.5 Å². The Morgan fingerprint density at radius 1 is 1.08 bits per heavy atom. The highest BCUT2D eigenvalue weighted by molar-refractivity contribution is 7.91. The number of sulfone groups is 1. The Hall–Kier alpha value is -2.75. The molecule has 0 bridgehead atoms. The Morgan fingerprint density at radius 3 is 2.46 bits per heavy atom. The highest BCUT2D eigenvalue weighted by Crippen LogP contribution is 2.40. The first-order valence-electron chi connectivity index (χ1n) is 14.2. The number of hydrogen-bond donors (Lipinski definition) is 2. The van der Waals surface area contributed by atoms with Crippen molar-refractivity contribution in [3.63, 3.8) is 0 Å². The Kier molecular flexibility index (Phi) is 6.59. The third kappa shape index (κ3) is 5.00. The number of benzene rings is 1. The molecule has 0 saturated carbocycles. The van der Waals surface area contributed by atoms with E-state index < -0.39 is 15.4 Å². The number of fused-ring (bicyclic) bond motifs is 2. The number of likely N-dealkylation sites (tertiary alicyclic amines) is 1. The van der Waals surface area contributed by atoms with Crippen molar-refractivity contribution in [1.82, 2.24) is 24.5 Å². The van der Waals surface area contributed by atoms with Crippen LogP contribution in [0.5, 0.6) is 0 Å². The molecule has 2 fully saturated rings. The number of pyridine rings is 1. The third-order valence-corrected chi connectivity index (χ3v) is 10.5. The second-order valence-electron chi connectivity index (χ2n) is 12.3. The van der Waals surface area contributed by atoms with Gasteiger partial charge < -0.3 is 15.0 Å². The van der Waals surface area contributed by atoms with Crippen LogP contribution in [0, 0.1) is 0 Å². The van der Waals surface area contributed by atoms with Gasteiger partial charge in [-0.15, -0.1) is 0 Å². The number of rotatable bonds is 5. The molecule has 0 radical (unpaired) electrons. The molecule has 2 N–H and O–H groups in total. The summed E-state index contributed by atoms with van der Waals surface area (Å²) in [6.07, 6.45) is 7.26. The van der Waals surface area contributed by atoms with Crippen LogP contribution in [0.4, 0.5) is 0 Å². The minimum Gasteiger partial charge on any atom is -0.386 e. The molecular formula is C30H39N5O3S. The molecule has 0 unspecified atom stereocenters. The number of H-pyrrole nitrogens is 1. The van der Waals surface area contributed by atoms with Gasteiger partial charge in [0.2, 0.25) is 0 Å². The molecule has 39 heavy (non-hydrogen) atoms. The van der Waals surface area contributed by atoms with E-state index in [1.165, 1.54) is 22.8 Å². The largest absolute Gasteiger partial charge is 0.386 e. The highest BCUT2D eigenvalue weighted by Gasteiger charge is 2.31. The van der Waals surface area contributed by atoms with Crippen LogP contribution in [0.25, 0.3) is 27.8 Å². The van der Waals surface area contributed by atoms with Crippen molar-refractivity contribution in [3.8, 4) is 11.3 Å². The van der Waals surface area contributed by atoms with Gasteiger partial charge in [0.05, 0.1) is 22.8 Å². The lowest BCUT2D eigenvalue weighted by Crippen LogP contribution is -2.44. The standard InChI is InChI=1S/C30H39N5O3S/c1-19(2)27-24-15-21(20-7-11-34(12-8-20)23-9-13-39(37,38)14-10-23)5-6-26(24)33-28(27)22-16-25(30(3,4)36)29-31-18-32-35(29)17-22/h5-6,15-20,23,33,36H,7-14H2,1-4H3. The van der Waals surface area contributed by atoms with E-state index in [0.29, 0.717) is 35.0 Å². The Morgan fingerprint density at radius 2 is 1.79 bits per heavy atom. The maximum absolute atomic E-state index is 11.9. The molecule has 0 spiro atoms. The Balaban J connectivity index is 1.30. The van der Waals surface area contributed by atoms with Gasteiger partial charge in [-0.25, -0.2) is 17.9 Å². The maximum Gasteiger partial charge on any atom is 0.161 e. The molecular weight excluding hydrogens is 510 g/mol. The van der Waals surface area contributed by atoms with E-state index >= 15 is 0 Å². The fraction of sp³-hybridized carbons (Fsp3) is 0.533. The Bertz CT molecular complexity index is 1610. The molecule has 2 aliphatic rings. The van der Waals surface area contributed by atoms with Crippen LogP contribution in [-0.2, 0) is 15.4 Å². The monoisotopic (exact) mass is 549 g/mol. The van der Waals surface area contributed by atoms with E-state index in [1.807, 2.05) is 12.3 Å². The third-order valence-electron chi connectivity index (χ3n) is 8.80. The summed E-state index contributed by atoms with van der Waals surface area (Å²) < 4.78 is 25.5. The molecule has 9 heteroatoms. The van der Waals surface area contributed by atoms with Crippen LogP contribution < -0.4 is 0 Å². The summed E-state index contributed by atoms with van der Waals surface area (Å²) in [6.45, 7) is 10.1. The zero-order valence-corrected chi connectivity index (χ0v) is 24.1. The van der Waals surface area contributed by atoms with E-state index in [4.69, 9.17) is 0 Å². The van der Waals surface area contributed by atoms with E-state index in [1.54, 1.807) is 18.4 Å². The van der Waals surface area contributed by atoms with Crippen molar-refractivity contribution in [2.75, 3.05) is 24.6 Å². The first-order chi connectivity index (χ1) is 18.5. The number of aromatic nitrogens is 4. The number of piperidine rings is 1. The first kappa shape index (κ1) is 26.5. The van der Waals surface area contributed by atoms with E-state index in [0.717, 1.165) is 61.1 Å². The second-order valence-corrected chi connectivity index (χ2v) is 14.6. The second kappa shape index (κ2) is 9.71. The molecule has 6 rings (SSSR count). The predicted octanol–water partition coefficient (Wildman–Crippen LogP) is 4.99. The van der Waals surface area contributed by atoms with Crippen molar-refractivity contribution >= 4 is 26.4 Å². The quantitative estimate of drug-likeness (QED) is 0.364. The fourth-order valence-corrected chi connectivity index (χ4v) is 8.13. The fourth-order valence-electron chi connectivity index (χ4n) is 6.67. The smallest absolute Gasteiger partial charge is 0.161 e. The lowest BCUT2D eigenvalue weighted by atomic mass is 9.86. The normalized spacial score (nSPS) is 19.9. The molecule has 2 aliphatic heterocycles. The van der Waals surface area contributed by atoms with Gasteiger partial charge in [-0.2, -0.15) is 5.10 Å². The zero-order valence-electron chi connectivity index (χ0n) is 23.3. The van der Waals surface area contributed by atoms with Crippen molar-refractivity contribution in [3.05, 3.63) is 53.5 Å². The number of aromatic amines is 1. The van der Waals surface area contributed by atoms with Crippen LogP contribution in [-0.4, -0.2) is 68.6 Å². The molecule has 0 aliphatic carbocycles. The van der Waals surface area contributed by atoms with Crippen LogP contribution in [0.2, 0.25) is 0 Å². The summed E-state index contributed by atoms with van der Waals surface area (Å²) in [7, 11) is -2.83. The van der Waals surface area contributed by atoms with Crippen molar-refractivity contribution in [2.24, 2.45) is 0 Å². The molecule has 3 aromatic heterocycles. The molecule has 2 saturated heterocycles. The van der Waals surface area contributed by atoms with Crippen molar-refractivity contribution in [2.45, 2.75) is 76.9 Å². The minimum atomic E-state index is -2.83. The number of nitrogens with zero attached hydrogens (tertiary/aromatic N) is 4. The SMILES string of the molecule is CC(C)c1c(-c2cc(C(C)(C)O)c3ncnn3c2)[nH]c2ccc(C3CCN(C4CCS(=O)(=O)CC4)CC3)cc12. The Labute approximate surface area is 230 Å². The molecule has 4 aromatic rings. The first-order valence-corrected chi connectivity index (χ1v) is 16.0. The summed E-state index contributed by atoms with van der Waals surface area (Å²) in [5.74, 6) is 1.47. The predicted molar refractivity (Wildman–Crippen MR) is 155 cm³/mol. The van der Waals surface area contributed by atoms with Crippen molar-refractivity contribution < 1.29 is 13.5 Å². The number of nitrogens with one attached hydrogen (secondary N) is 1. The summed E-state index contributed by atoms with van der Waals surface area (Å²) in [5, 5.41) is 16.5. The average molecular weight is 550 g/mol. The van der Waals surface area contributed by atoms with Crippen molar-refractivity contribution in [1.29, 1.82) is 0 Å². The molecule has 0 amide bonds. The average Bonchev–Trinajstić information content (AvgIpc) is 3.52. The van der Waals surface area contributed by atoms with Crippen LogP contribution >= 0.6 is 0 Å². The van der Waals surface area contributed by atoms with Crippen LogP contribution in [0.15, 0.2) is 36.8 Å². The van der Waals surface area contributed by atoms with Gasteiger partial charge in [-0.1, -0.05) is 19.9 Å². The van der Waals surface area contributed by atoms with Gasteiger partial charge in [0, 0.05) is 34.3 Å². The highest BCUT2D eigenvalue weighted by atomic mass is 32.2. The van der Waals surface area contributed by atoms with E-state index in [-0.39, 0.29) is 0 Å². The topological polar surface area (TPSA) is 104 Å². The molecule has 0 atom stereocenters. The van der Waals surface area contributed by atoms with Gasteiger partial charge in [-0.05, 0) is 93.8 Å². The maximum atomic E-state index is 11.9. The molecule has 8 nitrogen and oxygen atoms in total. The number of hydrogen-bond acceptors (Lipinski definition) is 6. The van der Waals surface area contributed by atoms with Gasteiger partial charge in [0.1, 0.15) is 16.2 Å². The lowest BCUT2D eigenvalue weighted by Gasteiger charge is -2.39. The molecule has 208 valence electrons. The lowest BCUT2D eigenvalue weighted by molar-refractivity contribution is 0.0796.